The Morgan fingerprint density at radius 3 is 2.57 bits per heavy atom. The molecule has 2 aliphatic heterocycles. The van der Waals surface area contributed by atoms with Crippen LogP contribution in [0.5, 0.6) is 0 Å². The number of alkyl halides is 6. The van der Waals surface area contributed by atoms with Crippen LogP contribution in [0.4, 0.5) is 43.8 Å². The topological polar surface area (TPSA) is 65.9 Å². The number of aromatic nitrogens is 2. The number of ether oxygens (including phenoxy) is 1. The van der Waals surface area contributed by atoms with Gasteiger partial charge in [-0.05, 0) is 37.5 Å². The number of halogens is 7. The molecule has 0 unspecified atom stereocenters. The number of aliphatic imine (C=N–C) groups is 1. The van der Waals surface area contributed by atoms with Crippen LogP contribution >= 0.6 is 11.6 Å². The summed E-state index contributed by atoms with van der Waals surface area (Å²) < 4.78 is 85.7. The van der Waals surface area contributed by atoms with E-state index in [2.05, 4.69) is 16.9 Å². The van der Waals surface area contributed by atoms with E-state index < -0.39 is 29.4 Å². The smallest absolute Gasteiger partial charge is 0.380 e. The Morgan fingerprint density at radius 2 is 1.86 bits per heavy atom. The van der Waals surface area contributed by atoms with Crippen molar-refractivity contribution >= 4 is 34.9 Å². The largest absolute Gasteiger partial charge is 0.417 e. The minimum atomic E-state index is -4.61. The first-order valence-corrected chi connectivity index (χ1v) is 13.8. The molecule has 2 aliphatic rings. The van der Waals surface area contributed by atoms with Crippen molar-refractivity contribution in [2.45, 2.75) is 44.5 Å². The van der Waals surface area contributed by atoms with Gasteiger partial charge in [0.2, 0.25) is 5.95 Å². The second-order valence-electron chi connectivity index (χ2n) is 9.80. The molecule has 0 bridgehead atoms. The summed E-state index contributed by atoms with van der Waals surface area (Å²) in [6.07, 6.45) is -3.86. The molecule has 1 aromatic carbocycles. The molecule has 0 aliphatic carbocycles. The first-order chi connectivity index (χ1) is 19.9. The van der Waals surface area contributed by atoms with E-state index in [4.69, 9.17) is 26.3 Å². The van der Waals surface area contributed by atoms with Crippen LogP contribution in [-0.4, -0.2) is 66.3 Å². The Balaban J connectivity index is 1.68. The van der Waals surface area contributed by atoms with Gasteiger partial charge in [-0.1, -0.05) is 23.8 Å². The van der Waals surface area contributed by atoms with Gasteiger partial charge in [-0.15, -0.1) is 6.58 Å². The van der Waals surface area contributed by atoms with Crippen molar-refractivity contribution in [1.82, 2.24) is 14.9 Å². The molecule has 42 heavy (non-hydrogen) atoms. The minimum Gasteiger partial charge on any atom is -0.380 e. The van der Waals surface area contributed by atoms with E-state index in [0.29, 0.717) is 62.2 Å². The average Bonchev–Trinajstić information content (AvgIpc) is 3.31. The lowest BCUT2D eigenvalue weighted by Gasteiger charge is -2.24. The molecule has 4 rings (SSSR count). The van der Waals surface area contributed by atoms with E-state index in [-0.39, 0.29) is 31.0 Å². The number of nitrogens with one attached hydrogen (secondary N) is 1. The van der Waals surface area contributed by atoms with E-state index in [1.165, 1.54) is 18.3 Å². The zero-order valence-electron chi connectivity index (χ0n) is 22.7. The molecule has 0 saturated carbocycles. The second kappa shape index (κ2) is 13.8. The number of benzene rings is 1. The van der Waals surface area contributed by atoms with Gasteiger partial charge in [0.1, 0.15) is 18.1 Å². The van der Waals surface area contributed by atoms with Gasteiger partial charge in [0.25, 0.3) is 0 Å². The fourth-order valence-electron chi connectivity index (χ4n) is 4.71. The van der Waals surface area contributed by atoms with Gasteiger partial charge in [0.15, 0.2) is 0 Å². The lowest BCUT2D eigenvalue weighted by atomic mass is 10.1. The van der Waals surface area contributed by atoms with Crippen LogP contribution in [-0.2, 0) is 23.8 Å². The van der Waals surface area contributed by atoms with Gasteiger partial charge in [0.05, 0.1) is 22.9 Å². The van der Waals surface area contributed by atoms with Crippen LogP contribution in [0.2, 0.25) is 5.02 Å². The third-order valence-corrected chi connectivity index (χ3v) is 7.04. The molecule has 7 nitrogen and oxygen atoms in total. The van der Waals surface area contributed by atoms with Gasteiger partial charge in [-0.2, -0.15) is 31.3 Å². The zero-order chi connectivity index (χ0) is 30.3. The highest BCUT2D eigenvalue weighted by molar-refractivity contribution is 6.31. The Labute approximate surface area is 244 Å². The molecule has 0 radical (unpaired) electrons. The predicted molar refractivity (Wildman–Crippen MR) is 150 cm³/mol. The van der Waals surface area contributed by atoms with Crippen molar-refractivity contribution in [1.29, 1.82) is 0 Å². The van der Waals surface area contributed by atoms with Crippen LogP contribution in [0.1, 0.15) is 36.1 Å². The Morgan fingerprint density at radius 1 is 1.07 bits per heavy atom. The maximum atomic E-state index is 13.5. The molecule has 228 valence electrons. The predicted octanol–water partition coefficient (Wildman–Crippen LogP) is 6.96. The molecule has 1 N–H and O–H groups in total. The number of hydrogen-bond donors (Lipinski definition) is 1. The summed E-state index contributed by atoms with van der Waals surface area (Å²) >= 11 is 5.95. The lowest BCUT2D eigenvalue weighted by Crippen LogP contribution is -2.36. The summed E-state index contributed by atoms with van der Waals surface area (Å²) in [5, 5.41) is 2.62. The van der Waals surface area contributed by atoms with Crippen molar-refractivity contribution in [3.05, 3.63) is 65.0 Å². The molecule has 1 fully saturated rings. The summed E-state index contributed by atoms with van der Waals surface area (Å²) in [4.78, 5) is 17.2. The van der Waals surface area contributed by atoms with Crippen molar-refractivity contribution < 1.29 is 31.1 Å². The summed E-state index contributed by atoms with van der Waals surface area (Å²) in [5.74, 6) is 0.653. The van der Waals surface area contributed by atoms with Crippen LogP contribution in [0, 0.1) is 0 Å². The summed E-state index contributed by atoms with van der Waals surface area (Å²) in [5.41, 5.74) is 0.626. The number of allylic oxidation sites excluding steroid dienone is 2. The Kier molecular flexibility index (Phi) is 10.4. The third kappa shape index (κ3) is 8.60. The molecule has 0 spiro atoms. The summed E-state index contributed by atoms with van der Waals surface area (Å²) in [6, 6.07) is 3.32. The van der Waals surface area contributed by atoms with Crippen molar-refractivity contribution in [3.8, 4) is 0 Å². The highest BCUT2D eigenvalue weighted by Gasteiger charge is 2.34. The summed E-state index contributed by atoms with van der Waals surface area (Å²) in [6.45, 7) is 6.27. The standard InChI is InChI=1S/C28H31ClF6N6O/c1-2-3-4-10-36-24(18-27(30,31)32)40-12-8-20-23(9-13-40)38-26(41-11-5-15-42-16-14-41)39-25(20)37-19-6-7-21(22(29)17-19)28(33,34)35/h2,4,6-7,10,17H,1,3,5,8-9,11-16,18H2,(H,37,38,39)/b10-4-,36-24?. The van der Waals surface area contributed by atoms with Gasteiger partial charge in [-0.25, -0.2) is 9.98 Å². The SMILES string of the molecule is C=CC/C=C\N=C(CC(F)(F)F)N1CCc2nc(N3CCCOCC3)nc(Nc3ccc(C(F)(F)F)c(Cl)c3)c2CC1. The fraction of sp³-hybridized carbons (Fsp3) is 0.464. The van der Waals surface area contributed by atoms with Crippen LogP contribution in [0.3, 0.4) is 0 Å². The lowest BCUT2D eigenvalue weighted by molar-refractivity contribution is -0.137. The summed E-state index contributed by atoms with van der Waals surface area (Å²) in [7, 11) is 0. The number of anilines is 3. The number of nitrogens with zero attached hydrogens (tertiary/aromatic N) is 5. The molecule has 3 heterocycles. The van der Waals surface area contributed by atoms with E-state index in [1.54, 1.807) is 17.1 Å². The zero-order valence-corrected chi connectivity index (χ0v) is 23.5. The van der Waals surface area contributed by atoms with Crippen LogP contribution < -0.4 is 10.2 Å². The van der Waals surface area contributed by atoms with E-state index in [1.807, 2.05) is 4.90 Å². The quantitative estimate of drug-likeness (QED) is 0.157. The van der Waals surface area contributed by atoms with Crippen molar-refractivity contribution in [2.75, 3.05) is 49.6 Å². The monoisotopic (exact) mass is 616 g/mol. The number of rotatable bonds is 7. The van der Waals surface area contributed by atoms with E-state index >= 15 is 0 Å². The minimum absolute atomic E-state index is 0.113. The fourth-order valence-corrected chi connectivity index (χ4v) is 5.00. The Bertz CT molecular complexity index is 1310. The highest BCUT2D eigenvalue weighted by atomic mass is 35.5. The third-order valence-electron chi connectivity index (χ3n) is 6.73. The molecule has 1 aromatic heterocycles. The normalized spacial score (nSPS) is 17.2. The molecule has 1 saturated heterocycles. The van der Waals surface area contributed by atoms with Crippen LogP contribution in [0.15, 0.2) is 48.1 Å². The Hall–Kier alpha value is -3.32. The highest BCUT2D eigenvalue weighted by Crippen LogP contribution is 2.37. The number of hydrogen-bond acceptors (Lipinski definition) is 6. The van der Waals surface area contributed by atoms with Gasteiger partial charge in [0, 0.05) is 56.7 Å². The molecular weight excluding hydrogens is 586 g/mol. The number of fused-ring (bicyclic) bond motifs is 1. The van der Waals surface area contributed by atoms with Gasteiger partial charge >= 0.3 is 12.4 Å². The van der Waals surface area contributed by atoms with E-state index in [9.17, 15) is 26.3 Å². The maximum absolute atomic E-state index is 13.5. The second-order valence-corrected chi connectivity index (χ2v) is 10.2. The number of amidine groups is 1. The van der Waals surface area contributed by atoms with Crippen molar-refractivity contribution in [2.24, 2.45) is 4.99 Å². The molecular formula is C28H31ClF6N6O. The van der Waals surface area contributed by atoms with Crippen LogP contribution in [0.25, 0.3) is 0 Å². The van der Waals surface area contributed by atoms with Gasteiger partial charge in [-0.3, -0.25) is 0 Å². The first kappa shape index (κ1) is 31.6. The maximum Gasteiger partial charge on any atom is 0.417 e. The van der Waals surface area contributed by atoms with Crippen molar-refractivity contribution in [3.63, 3.8) is 0 Å². The molecule has 0 amide bonds. The average molecular weight is 617 g/mol. The van der Waals surface area contributed by atoms with E-state index in [0.717, 1.165) is 12.5 Å². The molecule has 2 aromatic rings. The first-order valence-electron chi connectivity index (χ1n) is 13.4. The molecule has 0 atom stereocenters. The van der Waals surface area contributed by atoms with Gasteiger partial charge < -0.3 is 19.9 Å². The molecule has 14 heteroatoms.